The maximum absolute atomic E-state index is 11.9. The molecule has 1 aromatic rings. The Balaban J connectivity index is 2.96. The molecular formula is C14H17ClO3. The molecule has 0 saturated heterocycles. The van der Waals surface area contributed by atoms with Gasteiger partial charge in [-0.2, -0.15) is 0 Å². The minimum absolute atomic E-state index is 0.0421. The molecule has 0 atom stereocenters. The summed E-state index contributed by atoms with van der Waals surface area (Å²) in [7, 11) is 0. The second-order valence-corrected chi connectivity index (χ2v) is 4.43. The van der Waals surface area contributed by atoms with Crippen LogP contribution in [0.25, 0.3) is 0 Å². The number of carbonyl (C=O) groups is 1. The summed E-state index contributed by atoms with van der Waals surface area (Å²) in [5.41, 5.74) is 0.368. The van der Waals surface area contributed by atoms with Gasteiger partial charge in [0.05, 0.1) is 17.9 Å². The monoisotopic (exact) mass is 268 g/mol. The molecular weight excluding hydrogens is 252 g/mol. The van der Waals surface area contributed by atoms with E-state index in [1.54, 1.807) is 18.2 Å². The maximum Gasteiger partial charge on any atom is 0.192 e. The Bertz CT molecular complexity index is 448. The molecule has 1 rings (SSSR count). The number of ether oxygens (including phenoxy) is 1. The molecule has 18 heavy (non-hydrogen) atoms. The van der Waals surface area contributed by atoms with E-state index >= 15 is 0 Å². The van der Waals surface area contributed by atoms with E-state index < -0.39 is 0 Å². The number of benzene rings is 1. The predicted octanol–water partition coefficient (Wildman–Crippen LogP) is 4.16. The molecule has 0 unspecified atom stereocenters. The highest BCUT2D eigenvalue weighted by molar-refractivity contribution is 6.31. The Hall–Kier alpha value is -1.48. The third-order valence-electron chi connectivity index (χ3n) is 2.30. The van der Waals surface area contributed by atoms with Crippen molar-refractivity contribution in [2.75, 3.05) is 6.61 Å². The molecule has 0 heterocycles. The largest absolute Gasteiger partial charge is 0.512 e. The van der Waals surface area contributed by atoms with Gasteiger partial charge in [0.2, 0.25) is 0 Å². The van der Waals surface area contributed by atoms with Crippen LogP contribution in [0, 0.1) is 0 Å². The molecule has 0 bridgehead atoms. The van der Waals surface area contributed by atoms with Gasteiger partial charge in [-0.25, -0.2) is 0 Å². The summed E-state index contributed by atoms with van der Waals surface area (Å²) in [6, 6.07) is 4.89. The SMILES string of the molecule is CCCCOc1ccc(Cl)cc1C(=O)/C=C(/C)O. The standard InChI is InChI=1S/C14H17ClO3/c1-3-4-7-18-14-6-5-11(15)9-12(14)13(17)8-10(2)16/h5-6,8-9,16H,3-4,7H2,1-2H3/b10-8-. The van der Waals surface area contributed by atoms with Gasteiger partial charge in [0.25, 0.3) is 0 Å². The van der Waals surface area contributed by atoms with Crippen molar-refractivity contribution in [3.63, 3.8) is 0 Å². The van der Waals surface area contributed by atoms with E-state index in [-0.39, 0.29) is 11.5 Å². The lowest BCUT2D eigenvalue weighted by atomic mass is 10.1. The number of aliphatic hydroxyl groups is 1. The van der Waals surface area contributed by atoms with Crippen LogP contribution in [0.1, 0.15) is 37.0 Å². The van der Waals surface area contributed by atoms with E-state index in [0.717, 1.165) is 18.9 Å². The summed E-state index contributed by atoms with van der Waals surface area (Å²) in [6.07, 6.45) is 3.09. The first-order chi connectivity index (χ1) is 8.54. The lowest BCUT2D eigenvalue weighted by molar-refractivity contribution is 0.103. The Labute approximate surface area is 112 Å². The van der Waals surface area contributed by atoms with Crippen molar-refractivity contribution >= 4 is 17.4 Å². The van der Waals surface area contributed by atoms with Crippen LogP contribution in [-0.4, -0.2) is 17.5 Å². The number of halogens is 1. The van der Waals surface area contributed by atoms with Crippen molar-refractivity contribution in [2.24, 2.45) is 0 Å². The van der Waals surface area contributed by atoms with Crippen LogP contribution in [0.5, 0.6) is 5.75 Å². The van der Waals surface area contributed by atoms with Gasteiger partial charge in [0, 0.05) is 11.1 Å². The molecule has 1 N–H and O–H groups in total. The van der Waals surface area contributed by atoms with Crippen molar-refractivity contribution in [3.8, 4) is 5.75 Å². The zero-order valence-electron chi connectivity index (χ0n) is 10.6. The Morgan fingerprint density at radius 3 is 2.83 bits per heavy atom. The molecule has 0 aliphatic heterocycles. The fraction of sp³-hybridized carbons (Fsp3) is 0.357. The summed E-state index contributed by atoms with van der Waals surface area (Å²) in [5.74, 6) is 0.138. The lowest BCUT2D eigenvalue weighted by Crippen LogP contribution is -2.04. The molecule has 0 aliphatic carbocycles. The van der Waals surface area contributed by atoms with Gasteiger partial charge in [-0.3, -0.25) is 4.79 Å². The highest BCUT2D eigenvalue weighted by Crippen LogP contribution is 2.24. The lowest BCUT2D eigenvalue weighted by Gasteiger charge is -2.09. The van der Waals surface area contributed by atoms with Gasteiger partial charge >= 0.3 is 0 Å². The van der Waals surface area contributed by atoms with Gasteiger partial charge < -0.3 is 9.84 Å². The van der Waals surface area contributed by atoms with Crippen LogP contribution in [0.4, 0.5) is 0 Å². The van der Waals surface area contributed by atoms with Gasteiger partial charge in [0.15, 0.2) is 5.78 Å². The van der Waals surface area contributed by atoms with E-state index in [9.17, 15) is 4.79 Å². The smallest absolute Gasteiger partial charge is 0.192 e. The summed E-state index contributed by atoms with van der Waals surface area (Å²) in [5, 5.41) is 9.59. The second-order valence-electron chi connectivity index (χ2n) is 3.99. The van der Waals surface area contributed by atoms with Crippen molar-refractivity contribution in [1.82, 2.24) is 0 Å². The van der Waals surface area contributed by atoms with Crippen molar-refractivity contribution in [2.45, 2.75) is 26.7 Å². The van der Waals surface area contributed by atoms with Gasteiger partial charge in [-0.05, 0) is 31.5 Å². The van der Waals surface area contributed by atoms with Crippen molar-refractivity contribution in [3.05, 3.63) is 40.6 Å². The number of aliphatic hydroxyl groups excluding tert-OH is 1. The number of unbranched alkanes of at least 4 members (excludes halogenated alkanes) is 1. The number of allylic oxidation sites excluding steroid dienone is 2. The first-order valence-electron chi connectivity index (χ1n) is 5.88. The number of ketones is 1. The first kappa shape index (κ1) is 14.6. The molecule has 0 aliphatic rings. The zero-order valence-corrected chi connectivity index (χ0v) is 11.3. The van der Waals surface area contributed by atoms with Crippen LogP contribution in [0.3, 0.4) is 0 Å². The molecule has 98 valence electrons. The van der Waals surface area contributed by atoms with Crippen molar-refractivity contribution < 1.29 is 14.6 Å². The quantitative estimate of drug-likeness (QED) is 0.365. The molecule has 0 amide bonds. The summed E-state index contributed by atoms with van der Waals surface area (Å²) in [4.78, 5) is 11.9. The third-order valence-corrected chi connectivity index (χ3v) is 2.54. The molecule has 0 aromatic heterocycles. The molecule has 1 aromatic carbocycles. The first-order valence-corrected chi connectivity index (χ1v) is 6.26. The van der Waals surface area contributed by atoms with Crippen molar-refractivity contribution in [1.29, 1.82) is 0 Å². The summed E-state index contributed by atoms with van der Waals surface area (Å²) in [6.45, 7) is 4.06. The molecule has 3 nitrogen and oxygen atoms in total. The molecule has 4 heteroatoms. The number of hydrogen-bond acceptors (Lipinski definition) is 3. The molecule has 0 radical (unpaired) electrons. The topological polar surface area (TPSA) is 46.5 Å². The van der Waals surface area contributed by atoms with Crippen LogP contribution < -0.4 is 4.74 Å². The van der Waals surface area contributed by atoms with Gasteiger partial charge in [0.1, 0.15) is 5.75 Å². The van der Waals surface area contributed by atoms with Crippen LogP contribution in [0.15, 0.2) is 30.0 Å². The zero-order chi connectivity index (χ0) is 13.5. The second kappa shape index (κ2) is 7.07. The van der Waals surface area contributed by atoms with Gasteiger partial charge in [-0.1, -0.05) is 24.9 Å². The molecule has 0 spiro atoms. The Morgan fingerprint density at radius 1 is 1.50 bits per heavy atom. The maximum atomic E-state index is 11.9. The Morgan fingerprint density at radius 2 is 2.22 bits per heavy atom. The van der Waals surface area contributed by atoms with Crippen LogP contribution in [-0.2, 0) is 0 Å². The third kappa shape index (κ3) is 4.41. The predicted molar refractivity (Wildman–Crippen MR) is 72.6 cm³/mol. The van der Waals surface area contributed by atoms with E-state index in [2.05, 4.69) is 6.92 Å². The normalized spacial score (nSPS) is 11.4. The highest BCUT2D eigenvalue weighted by atomic mass is 35.5. The fourth-order valence-corrected chi connectivity index (χ4v) is 1.59. The van der Waals surface area contributed by atoms with Gasteiger partial charge in [-0.15, -0.1) is 0 Å². The average Bonchev–Trinajstić information content (AvgIpc) is 2.30. The van der Waals surface area contributed by atoms with E-state index in [0.29, 0.717) is 22.9 Å². The molecule has 0 fully saturated rings. The minimum Gasteiger partial charge on any atom is -0.512 e. The van der Waals surface area contributed by atoms with Crippen LogP contribution >= 0.6 is 11.6 Å². The summed E-state index contributed by atoms with van der Waals surface area (Å²) >= 11 is 5.87. The number of hydrogen-bond donors (Lipinski definition) is 1. The fourth-order valence-electron chi connectivity index (χ4n) is 1.41. The number of carbonyl (C=O) groups excluding carboxylic acids is 1. The highest BCUT2D eigenvalue weighted by Gasteiger charge is 2.11. The molecule has 0 saturated carbocycles. The van der Waals surface area contributed by atoms with E-state index in [1.807, 2.05) is 0 Å². The van der Waals surface area contributed by atoms with E-state index in [4.69, 9.17) is 21.4 Å². The number of rotatable bonds is 6. The average molecular weight is 269 g/mol. The minimum atomic E-state index is -0.316. The summed E-state index contributed by atoms with van der Waals surface area (Å²) < 4.78 is 5.54. The Kier molecular flexibility index (Phi) is 5.72. The van der Waals surface area contributed by atoms with Crippen LogP contribution in [0.2, 0.25) is 5.02 Å². The van der Waals surface area contributed by atoms with E-state index in [1.165, 1.54) is 6.92 Å².